The smallest absolute Gasteiger partial charge is 0.0315 e. The molecule has 1 N–H and O–H groups in total. The Morgan fingerprint density at radius 3 is 3.06 bits per heavy atom. The zero-order chi connectivity index (χ0) is 12.3. The van der Waals surface area contributed by atoms with Gasteiger partial charge in [0.15, 0.2) is 0 Å². The average molecular weight is 233 g/mol. The molecule has 2 heterocycles. The van der Waals surface area contributed by atoms with E-state index in [9.17, 15) is 0 Å². The summed E-state index contributed by atoms with van der Waals surface area (Å²) in [6.45, 7) is 9.99. The van der Waals surface area contributed by atoms with E-state index in [0.29, 0.717) is 12.1 Å². The van der Waals surface area contributed by atoms with Crippen molar-refractivity contribution < 1.29 is 0 Å². The third kappa shape index (κ3) is 3.51. The van der Waals surface area contributed by atoms with E-state index in [1.807, 2.05) is 12.4 Å². The van der Waals surface area contributed by atoms with Crippen molar-refractivity contribution >= 4 is 0 Å². The van der Waals surface area contributed by atoms with Crippen LogP contribution in [-0.4, -0.2) is 35.1 Å². The fraction of sp³-hybridized carbons (Fsp3) is 0.643. The summed E-state index contributed by atoms with van der Waals surface area (Å²) >= 11 is 0. The normalized spacial score (nSPS) is 21.3. The lowest BCUT2D eigenvalue weighted by Gasteiger charge is -2.19. The number of aromatic nitrogens is 1. The summed E-state index contributed by atoms with van der Waals surface area (Å²) in [6, 6.07) is 3.34. The topological polar surface area (TPSA) is 28.2 Å². The minimum atomic E-state index is 0.583. The molecule has 1 aliphatic rings. The maximum absolute atomic E-state index is 4.21. The van der Waals surface area contributed by atoms with E-state index >= 15 is 0 Å². The number of hydrogen-bond donors (Lipinski definition) is 1. The lowest BCUT2D eigenvalue weighted by molar-refractivity contribution is 0.316. The van der Waals surface area contributed by atoms with Crippen LogP contribution < -0.4 is 5.32 Å². The zero-order valence-corrected chi connectivity index (χ0v) is 11.1. The second kappa shape index (κ2) is 5.61. The van der Waals surface area contributed by atoms with Crippen molar-refractivity contribution in [1.29, 1.82) is 0 Å². The molecule has 1 aromatic heterocycles. The van der Waals surface area contributed by atoms with Crippen LogP contribution >= 0.6 is 0 Å². The van der Waals surface area contributed by atoms with Gasteiger partial charge in [0.05, 0.1) is 0 Å². The molecule has 17 heavy (non-hydrogen) atoms. The number of aryl methyl sites for hydroxylation is 1. The largest absolute Gasteiger partial charge is 0.310 e. The Balaban J connectivity index is 1.88. The Labute approximate surface area is 104 Å². The predicted molar refractivity (Wildman–Crippen MR) is 70.9 cm³/mol. The molecule has 1 fully saturated rings. The van der Waals surface area contributed by atoms with E-state index in [2.05, 4.69) is 42.0 Å². The van der Waals surface area contributed by atoms with E-state index in [0.717, 1.165) is 13.1 Å². The van der Waals surface area contributed by atoms with Gasteiger partial charge in [0.25, 0.3) is 0 Å². The summed E-state index contributed by atoms with van der Waals surface area (Å²) in [5, 5.41) is 3.61. The van der Waals surface area contributed by atoms with Gasteiger partial charge in [-0.15, -0.1) is 0 Å². The Morgan fingerprint density at radius 1 is 1.53 bits per heavy atom. The summed E-state index contributed by atoms with van der Waals surface area (Å²) in [5.74, 6) is 0. The SMILES string of the molecule is Cc1ccncc1CN1CCC(NC(C)C)C1. The zero-order valence-electron chi connectivity index (χ0n) is 11.1. The molecule has 3 heteroatoms. The highest BCUT2D eigenvalue weighted by atomic mass is 15.2. The molecule has 3 nitrogen and oxygen atoms in total. The molecule has 1 saturated heterocycles. The maximum atomic E-state index is 4.21. The van der Waals surface area contributed by atoms with Crippen molar-refractivity contribution in [1.82, 2.24) is 15.2 Å². The maximum Gasteiger partial charge on any atom is 0.0315 e. The van der Waals surface area contributed by atoms with Crippen molar-refractivity contribution in [2.24, 2.45) is 0 Å². The first kappa shape index (κ1) is 12.5. The first-order valence-electron chi connectivity index (χ1n) is 6.53. The number of nitrogens with one attached hydrogen (secondary N) is 1. The molecular weight excluding hydrogens is 210 g/mol. The van der Waals surface area contributed by atoms with Gasteiger partial charge in [0.1, 0.15) is 0 Å². The summed E-state index contributed by atoms with van der Waals surface area (Å²) in [5.41, 5.74) is 2.71. The molecule has 0 saturated carbocycles. The van der Waals surface area contributed by atoms with Crippen LogP contribution in [0, 0.1) is 6.92 Å². The van der Waals surface area contributed by atoms with Gasteiger partial charge >= 0.3 is 0 Å². The standard InChI is InChI=1S/C14H23N3/c1-11(2)16-14-5-7-17(10-14)9-13-8-15-6-4-12(13)3/h4,6,8,11,14,16H,5,7,9-10H2,1-3H3. The molecule has 1 aromatic rings. The summed E-state index contributed by atoms with van der Waals surface area (Å²) in [4.78, 5) is 6.73. The van der Waals surface area contributed by atoms with Gasteiger partial charge in [0.2, 0.25) is 0 Å². The quantitative estimate of drug-likeness (QED) is 0.861. The molecule has 1 atom stereocenters. The number of hydrogen-bond acceptors (Lipinski definition) is 3. The fourth-order valence-corrected chi connectivity index (χ4v) is 2.49. The molecule has 1 aliphatic heterocycles. The van der Waals surface area contributed by atoms with Crippen molar-refractivity contribution in [3.63, 3.8) is 0 Å². The second-order valence-electron chi connectivity index (χ2n) is 5.34. The van der Waals surface area contributed by atoms with E-state index < -0.39 is 0 Å². The van der Waals surface area contributed by atoms with Crippen LogP contribution in [0.25, 0.3) is 0 Å². The van der Waals surface area contributed by atoms with Crippen LogP contribution in [0.15, 0.2) is 18.5 Å². The number of likely N-dealkylation sites (tertiary alicyclic amines) is 1. The third-order valence-electron chi connectivity index (χ3n) is 3.38. The predicted octanol–water partition coefficient (Wildman–Crippen LogP) is 1.96. The van der Waals surface area contributed by atoms with Gasteiger partial charge < -0.3 is 5.32 Å². The molecule has 0 aromatic carbocycles. The molecule has 94 valence electrons. The van der Waals surface area contributed by atoms with Crippen molar-refractivity contribution in [3.05, 3.63) is 29.6 Å². The Morgan fingerprint density at radius 2 is 2.35 bits per heavy atom. The molecule has 0 radical (unpaired) electrons. The number of pyridine rings is 1. The summed E-state index contributed by atoms with van der Waals surface area (Å²) < 4.78 is 0. The van der Waals surface area contributed by atoms with Crippen molar-refractivity contribution in [3.8, 4) is 0 Å². The minimum absolute atomic E-state index is 0.583. The molecule has 2 rings (SSSR count). The van der Waals surface area contributed by atoms with Gasteiger partial charge in [-0.2, -0.15) is 0 Å². The fourth-order valence-electron chi connectivity index (χ4n) is 2.49. The monoisotopic (exact) mass is 233 g/mol. The van der Waals surface area contributed by atoms with Crippen LogP contribution in [0.1, 0.15) is 31.4 Å². The lowest BCUT2D eigenvalue weighted by atomic mass is 10.1. The van der Waals surface area contributed by atoms with Crippen LogP contribution in [-0.2, 0) is 6.54 Å². The van der Waals surface area contributed by atoms with E-state index in [-0.39, 0.29) is 0 Å². The van der Waals surface area contributed by atoms with Crippen molar-refractivity contribution in [2.45, 2.75) is 45.8 Å². The molecule has 0 amide bonds. The van der Waals surface area contributed by atoms with Crippen LogP contribution in [0.5, 0.6) is 0 Å². The molecule has 0 spiro atoms. The Kier molecular flexibility index (Phi) is 4.13. The Hall–Kier alpha value is -0.930. The third-order valence-corrected chi connectivity index (χ3v) is 3.38. The highest BCUT2D eigenvalue weighted by Gasteiger charge is 2.22. The molecular formula is C14H23N3. The summed E-state index contributed by atoms with van der Waals surface area (Å²) in [6.07, 6.45) is 5.13. The van der Waals surface area contributed by atoms with Crippen LogP contribution in [0.4, 0.5) is 0 Å². The van der Waals surface area contributed by atoms with E-state index in [1.54, 1.807) is 0 Å². The highest BCUT2D eigenvalue weighted by Crippen LogP contribution is 2.15. The second-order valence-corrected chi connectivity index (χ2v) is 5.34. The average Bonchev–Trinajstić information content (AvgIpc) is 2.68. The van der Waals surface area contributed by atoms with Gasteiger partial charge in [-0.25, -0.2) is 0 Å². The minimum Gasteiger partial charge on any atom is -0.310 e. The van der Waals surface area contributed by atoms with Crippen LogP contribution in [0.3, 0.4) is 0 Å². The number of rotatable bonds is 4. The van der Waals surface area contributed by atoms with Crippen LogP contribution in [0.2, 0.25) is 0 Å². The first-order chi connectivity index (χ1) is 8.15. The Bertz CT molecular complexity index is 362. The molecule has 0 aliphatic carbocycles. The van der Waals surface area contributed by atoms with E-state index in [1.165, 1.54) is 24.1 Å². The van der Waals surface area contributed by atoms with Gasteiger partial charge in [0, 0.05) is 44.1 Å². The summed E-state index contributed by atoms with van der Waals surface area (Å²) in [7, 11) is 0. The number of nitrogens with zero attached hydrogens (tertiary/aromatic N) is 2. The van der Waals surface area contributed by atoms with Gasteiger partial charge in [-0.1, -0.05) is 13.8 Å². The van der Waals surface area contributed by atoms with Crippen molar-refractivity contribution in [2.75, 3.05) is 13.1 Å². The molecule has 0 bridgehead atoms. The lowest BCUT2D eigenvalue weighted by Crippen LogP contribution is -2.36. The first-order valence-corrected chi connectivity index (χ1v) is 6.53. The van der Waals surface area contributed by atoms with Gasteiger partial charge in [-0.3, -0.25) is 9.88 Å². The molecule has 1 unspecified atom stereocenters. The van der Waals surface area contributed by atoms with E-state index in [4.69, 9.17) is 0 Å². The van der Waals surface area contributed by atoms with Gasteiger partial charge in [-0.05, 0) is 30.5 Å². The highest BCUT2D eigenvalue weighted by molar-refractivity contribution is 5.21.